The Hall–Kier alpha value is -1.68. The van der Waals surface area contributed by atoms with Crippen LogP contribution in [0.5, 0.6) is 0 Å². The molecule has 1 aromatic carbocycles. The first-order valence-corrected chi connectivity index (χ1v) is 10.8. The molecule has 0 N–H and O–H groups in total. The average molecular weight is 335 g/mol. The van der Waals surface area contributed by atoms with E-state index in [1.165, 1.54) is 6.33 Å². The van der Waals surface area contributed by atoms with Gasteiger partial charge in [0.2, 0.25) is 0 Å². The summed E-state index contributed by atoms with van der Waals surface area (Å²) in [6.07, 6.45) is 3.05. The van der Waals surface area contributed by atoms with Crippen LogP contribution in [-0.2, 0) is 10.0 Å². The number of rotatable bonds is 5. The highest BCUT2D eigenvalue weighted by molar-refractivity contribution is 6.69. The first-order chi connectivity index (χ1) is 10.3. The zero-order valence-corrected chi connectivity index (χ0v) is 14.9. The fourth-order valence-electron chi connectivity index (χ4n) is 2.35. The Morgan fingerprint density at radius 2 is 1.95 bits per heavy atom. The Bertz CT molecular complexity index is 660. The summed E-state index contributed by atoms with van der Waals surface area (Å²) < 4.78 is 7.98. The summed E-state index contributed by atoms with van der Waals surface area (Å²) in [4.78, 5) is 3.97. The third-order valence-electron chi connectivity index (χ3n) is 3.33. The maximum atomic E-state index is 9.98. The van der Waals surface area contributed by atoms with Gasteiger partial charge in [0.25, 0.3) is 0 Å². The number of nitrogens with zero attached hydrogens (tertiary/aromatic N) is 4. The molecule has 0 bridgehead atoms. The van der Waals surface area contributed by atoms with Crippen LogP contribution in [0.3, 0.4) is 0 Å². The number of benzene rings is 1. The maximum Gasteiger partial charge on any atom is 0.192 e. The number of halogens is 1. The van der Waals surface area contributed by atoms with Crippen molar-refractivity contribution in [3.05, 3.63) is 47.5 Å². The molecule has 1 heterocycles. The minimum atomic E-state index is -2.00. The molecule has 2 atom stereocenters. The molecule has 0 saturated heterocycles. The van der Waals surface area contributed by atoms with Crippen molar-refractivity contribution in [3.63, 3.8) is 0 Å². The highest BCUT2D eigenvalue weighted by Crippen LogP contribution is 2.39. The number of nitriles is 1. The first kappa shape index (κ1) is 16.7. The quantitative estimate of drug-likeness (QED) is 0.781. The van der Waals surface area contributed by atoms with E-state index in [4.69, 9.17) is 16.0 Å². The van der Waals surface area contributed by atoms with Crippen molar-refractivity contribution in [2.75, 3.05) is 0 Å². The second-order valence-electron chi connectivity index (χ2n) is 6.12. The summed E-state index contributed by atoms with van der Waals surface area (Å²) in [6, 6.07) is 9.25. The molecule has 2 aromatic rings. The van der Waals surface area contributed by atoms with Gasteiger partial charge in [0.1, 0.15) is 18.7 Å². The molecular formula is C15H19ClN4OSi. The van der Waals surface area contributed by atoms with Gasteiger partial charge in [-0.2, -0.15) is 10.4 Å². The lowest BCUT2D eigenvalue weighted by atomic mass is 9.88. The zero-order valence-electron chi connectivity index (χ0n) is 13.1. The molecule has 22 heavy (non-hydrogen) atoms. The fourth-order valence-corrected chi connectivity index (χ4v) is 3.78. The Kier molecular flexibility index (Phi) is 4.71. The van der Waals surface area contributed by atoms with E-state index in [1.54, 1.807) is 23.1 Å². The summed E-state index contributed by atoms with van der Waals surface area (Å²) in [7, 11) is -2.00. The topological polar surface area (TPSA) is 63.7 Å². The van der Waals surface area contributed by atoms with Crippen LogP contribution >= 0.6 is 11.6 Å². The monoisotopic (exact) mass is 334 g/mol. The van der Waals surface area contributed by atoms with E-state index in [0.717, 1.165) is 5.56 Å². The Morgan fingerprint density at radius 3 is 2.41 bits per heavy atom. The Balaban J connectivity index is 2.57. The van der Waals surface area contributed by atoms with Crippen LogP contribution in [0.1, 0.15) is 18.5 Å². The van der Waals surface area contributed by atoms with Crippen molar-refractivity contribution in [1.29, 1.82) is 5.26 Å². The highest BCUT2D eigenvalue weighted by Gasteiger charge is 2.44. The predicted octanol–water partition coefficient (Wildman–Crippen LogP) is 3.76. The number of hydrogen-bond acceptors (Lipinski definition) is 4. The minimum absolute atomic E-state index is 0.326. The summed E-state index contributed by atoms with van der Waals surface area (Å²) in [5, 5.41) is 14.8. The summed E-state index contributed by atoms with van der Waals surface area (Å²) in [6.45, 7) is 8.09. The SMILES string of the molecule is CC(n1cncn1)C(C#N)(O[Si](C)(C)C)c1ccc(Cl)cc1. The second kappa shape index (κ2) is 6.21. The predicted molar refractivity (Wildman–Crippen MR) is 87.9 cm³/mol. The number of hydrogen-bond donors (Lipinski definition) is 0. The van der Waals surface area contributed by atoms with Crippen LogP contribution in [0, 0.1) is 11.3 Å². The van der Waals surface area contributed by atoms with Crippen LogP contribution in [0.2, 0.25) is 24.7 Å². The molecule has 0 aliphatic carbocycles. The molecular weight excluding hydrogens is 316 g/mol. The van der Waals surface area contributed by atoms with Crippen molar-refractivity contribution in [1.82, 2.24) is 14.8 Å². The third kappa shape index (κ3) is 3.38. The summed E-state index contributed by atoms with van der Waals surface area (Å²) in [5.74, 6) is 0. The zero-order chi connectivity index (χ0) is 16.4. The highest BCUT2D eigenvalue weighted by atomic mass is 35.5. The van der Waals surface area contributed by atoms with E-state index in [9.17, 15) is 5.26 Å². The van der Waals surface area contributed by atoms with E-state index in [-0.39, 0.29) is 6.04 Å². The minimum Gasteiger partial charge on any atom is -0.395 e. The van der Waals surface area contributed by atoms with Crippen LogP contribution in [-0.4, -0.2) is 23.1 Å². The van der Waals surface area contributed by atoms with Gasteiger partial charge in [-0.25, -0.2) is 9.67 Å². The molecule has 7 heteroatoms. The molecule has 116 valence electrons. The third-order valence-corrected chi connectivity index (χ3v) is 4.51. The molecule has 0 aliphatic heterocycles. The van der Waals surface area contributed by atoms with Crippen LogP contribution < -0.4 is 0 Å². The standard InChI is InChI=1S/C15H19ClN4OSi/c1-12(20-11-18-10-19-20)15(9-17,21-22(2,3)4)13-5-7-14(16)8-6-13/h5-8,10-12H,1-4H3. The summed E-state index contributed by atoms with van der Waals surface area (Å²) >= 11 is 5.97. The van der Waals surface area contributed by atoms with Gasteiger partial charge in [0.15, 0.2) is 13.9 Å². The lowest BCUT2D eigenvalue weighted by Gasteiger charge is -2.38. The number of aromatic nitrogens is 3. The second-order valence-corrected chi connectivity index (χ2v) is 11.0. The van der Waals surface area contributed by atoms with Gasteiger partial charge >= 0.3 is 0 Å². The Morgan fingerprint density at radius 1 is 1.32 bits per heavy atom. The molecule has 0 aliphatic rings. The van der Waals surface area contributed by atoms with Gasteiger partial charge in [-0.3, -0.25) is 0 Å². The van der Waals surface area contributed by atoms with Crippen molar-refractivity contribution in [2.24, 2.45) is 0 Å². The van der Waals surface area contributed by atoms with Crippen molar-refractivity contribution < 1.29 is 4.43 Å². The Labute approximate surface area is 136 Å². The van der Waals surface area contributed by atoms with Crippen molar-refractivity contribution >= 4 is 19.9 Å². The van der Waals surface area contributed by atoms with Crippen molar-refractivity contribution in [2.45, 2.75) is 38.2 Å². The van der Waals surface area contributed by atoms with Crippen LogP contribution in [0.25, 0.3) is 0 Å². The molecule has 1 aromatic heterocycles. The van der Waals surface area contributed by atoms with Gasteiger partial charge in [0.05, 0.1) is 6.04 Å². The molecule has 2 unspecified atom stereocenters. The molecule has 5 nitrogen and oxygen atoms in total. The maximum absolute atomic E-state index is 9.98. The van der Waals surface area contributed by atoms with Crippen LogP contribution in [0.15, 0.2) is 36.9 Å². The lowest BCUT2D eigenvalue weighted by Crippen LogP contribution is -2.45. The smallest absolute Gasteiger partial charge is 0.192 e. The molecule has 2 rings (SSSR count). The van der Waals surface area contributed by atoms with Crippen molar-refractivity contribution in [3.8, 4) is 6.07 Å². The normalized spacial score (nSPS) is 15.8. The molecule has 0 fully saturated rings. The fraction of sp³-hybridized carbons (Fsp3) is 0.400. The molecule has 0 amide bonds. The van der Waals surface area contributed by atoms with Gasteiger partial charge in [-0.05, 0) is 44.3 Å². The summed E-state index contributed by atoms with van der Waals surface area (Å²) in [5.41, 5.74) is -0.368. The first-order valence-electron chi connectivity index (χ1n) is 7.00. The molecule has 0 spiro atoms. The molecule has 0 saturated carbocycles. The lowest BCUT2D eigenvalue weighted by molar-refractivity contribution is 0.0591. The van der Waals surface area contributed by atoms with E-state index in [1.807, 2.05) is 19.1 Å². The van der Waals surface area contributed by atoms with Gasteiger partial charge in [-0.15, -0.1) is 0 Å². The van der Waals surface area contributed by atoms with E-state index >= 15 is 0 Å². The van der Waals surface area contributed by atoms with E-state index in [2.05, 4.69) is 35.8 Å². The van der Waals surface area contributed by atoms with Gasteiger partial charge in [-0.1, -0.05) is 23.7 Å². The average Bonchev–Trinajstić information content (AvgIpc) is 2.98. The van der Waals surface area contributed by atoms with E-state index < -0.39 is 13.9 Å². The van der Waals surface area contributed by atoms with E-state index in [0.29, 0.717) is 5.02 Å². The van der Waals surface area contributed by atoms with Gasteiger partial charge < -0.3 is 4.43 Å². The van der Waals surface area contributed by atoms with Gasteiger partial charge in [0, 0.05) is 5.02 Å². The van der Waals surface area contributed by atoms with Crippen LogP contribution in [0.4, 0.5) is 0 Å². The molecule has 0 radical (unpaired) electrons. The largest absolute Gasteiger partial charge is 0.395 e.